The standard InChI is InChI=1S/C10H15F2N3O2S/c1-3-17-10(16)7-8(9(11)12)15(14-13-7)5-4-6-18-2/h9H,3-6H2,1-2H3. The number of aromatic nitrogens is 3. The summed E-state index contributed by atoms with van der Waals surface area (Å²) in [6.45, 7) is 2.02. The molecule has 0 amide bonds. The zero-order valence-electron chi connectivity index (χ0n) is 10.2. The van der Waals surface area contributed by atoms with Crippen molar-refractivity contribution in [2.24, 2.45) is 0 Å². The molecule has 0 aliphatic carbocycles. The van der Waals surface area contributed by atoms with E-state index in [2.05, 4.69) is 15.0 Å². The number of alkyl halides is 2. The summed E-state index contributed by atoms with van der Waals surface area (Å²) in [5.41, 5.74) is -0.856. The van der Waals surface area contributed by atoms with Crippen LogP contribution < -0.4 is 0 Å². The number of hydrogen-bond acceptors (Lipinski definition) is 5. The van der Waals surface area contributed by atoms with Gasteiger partial charge in [-0.1, -0.05) is 5.21 Å². The third-order valence-electron chi connectivity index (χ3n) is 2.17. The van der Waals surface area contributed by atoms with Crippen LogP contribution in [0.15, 0.2) is 0 Å². The topological polar surface area (TPSA) is 57.0 Å². The molecular weight excluding hydrogens is 264 g/mol. The monoisotopic (exact) mass is 279 g/mol. The molecule has 0 spiro atoms. The van der Waals surface area contributed by atoms with Crippen molar-refractivity contribution in [1.29, 1.82) is 0 Å². The average molecular weight is 279 g/mol. The highest BCUT2D eigenvalue weighted by molar-refractivity contribution is 7.98. The van der Waals surface area contributed by atoms with Crippen molar-refractivity contribution >= 4 is 17.7 Å². The quantitative estimate of drug-likeness (QED) is 0.565. The molecule has 0 saturated heterocycles. The molecule has 1 aromatic heterocycles. The van der Waals surface area contributed by atoms with Crippen LogP contribution in [0.3, 0.4) is 0 Å². The number of esters is 1. The van der Waals surface area contributed by atoms with E-state index in [1.54, 1.807) is 18.7 Å². The van der Waals surface area contributed by atoms with Crippen molar-refractivity contribution in [1.82, 2.24) is 15.0 Å². The van der Waals surface area contributed by atoms with Crippen molar-refractivity contribution in [3.63, 3.8) is 0 Å². The average Bonchev–Trinajstić information content (AvgIpc) is 2.74. The highest BCUT2D eigenvalue weighted by Crippen LogP contribution is 2.22. The molecule has 1 rings (SSSR count). The van der Waals surface area contributed by atoms with Gasteiger partial charge >= 0.3 is 5.97 Å². The summed E-state index contributed by atoms with van der Waals surface area (Å²) in [5, 5.41) is 7.08. The Kier molecular flexibility index (Phi) is 6.03. The van der Waals surface area contributed by atoms with Gasteiger partial charge in [-0.25, -0.2) is 18.3 Å². The van der Waals surface area contributed by atoms with Gasteiger partial charge < -0.3 is 4.74 Å². The number of halogens is 2. The Bertz CT molecular complexity index is 398. The van der Waals surface area contributed by atoms with Crippen LogP contribution in [0.5, 0.6) is 0 Å². The van der Waals surface area contributed by atoms with Gasteiger partial charge in [0.05, 0.1) is 6.61 Å². The Morgan fingerprint density at radius 1 is 1.56 bits per heavy atom. The van der Waals surface area contributed by atoms with Gasteiger partial charge in [0.15, 0.2) is 5.69 Å². The number of rotatable bonds is 7. The molecule has 1 aromatic rings. The first-order valence-corrected chi connectivity index (χ1v) is 6.88. The minimum absolute atomic E-state index is 0.112. The lowest BCUT2D eigenvalue weighted by molar-refractivity contribution is 0.0506. The van der Waals surface area contributed by atoms with Crippen LogP contribution in [0.4, 0.5) is 8.78 Å². The van der Waals surface area contributed by atoms with Gasteiger partial charge in [0.1, 0.15) is 5.69 Å². The van der Waals surface area contributed by atoms with Gasteiger partial charge in [-0.2, -0.15) is 11.8 Å². The Morgan fingerprint density at radius 2 is 2.28 bits per heavy atom. The molecule has 0 fully saturated rings. The molecule has 5 nitrogen and oxygen atoms in total. The predicted molar refractivity (Wildman–Crippen MR) is 63.9 cm³/mol. The first-order valence-electron chi connectivity index (χ1n) is 5.49. The third-order valence-corrected chi connectivity index (χ3v) is 2.86. The van der Waals surface area contributed by atoms with E-state index < -0.39 is 23.8 Å². The second-order valence-corrected chi connectivity index (χ2v) is 4.40. The van der Waals surface area contributed by atoms with Crippen molar-refractivity contribution in [3.8, 4) is 0 Å². The van der Waals surface area contributed by atoms with E-state index in [-0.39, 0.29) is 6.61 Å². The summed E-state index contributed by atoms with van der Waals surface area (Å²) in [5.74, 6) is -0.0269. The van der Waals surface area contributed by atoms with Crippen LogP contribution in [-0.4, -0.2) is 39.6 Å². The molecule has 0 bridgehead atoms. The zero-order valence-corrected chi connectivity index (χ0v) is 11.0. The van der Waals surface area contributed by atoms with E-state index in [9.17, 15) is 13.6 Å². The Hall–Kier alpha value is -1.18. The molecular formula is C10H15F2N3O2S. The van der Waals surface area contributed by atoms with E-state index in [0.717, 1.165) is 10.4 Å². The maximum absolute atomic E-state index is 12.9. The fraction of sp³-hybridized carbons (Fsp3) is 0.700. The minimum Gasteiger partial charge on any atom is -0.461 e. The normalized spacial score (nSPS) is 10.9. The SMILES string of the molecule is CCOC(=O)c1nnn(CCCSC)c1C(F)F. The first kappa shape index (κ1) is 14.9. The molecule has 0 aliphatic rings. The van der Waals surface area contributed by atoms with Gasteiger partial charge in [-0.3, -0.25) is 0 Å². The van der Waals surface area contributed by atoms with Gasteiger partial charge in [0.2, 0.25) is 0 Å². The van der Waals surface area contributed by atoms with Crippen LogP contribution in [0.2, 0.25) is 0 Å². The Labute approximate surface area is 108 Å². The summed E-state index contributed by atoms with van der Waals surface area (Å²) in [7, 11) is 0. The molecule has 0 unspecified atom stereocenters. The summed E-state index contributed by atoms with van der Waals surface area (Å²) >= 11 is 1.62. The largest absolute Gasteiger partial charge is 0.461 e. The molecule has 102 valence electrons. The fourth-order valence-corrected chi connectivity index (χ4v) is 1.82. The van der Waals surface area contributed by atoms with Crippen LogP contribution in [-0.2, 0) is 11.3 Å². The zero-order chi connectivity index (χ0) is 13.5. The second-order valence-electron chi connectivity index (χ2n) is 3.41. The second kappa shape index (κ2) is 7.30. The summed E-state index contributed by atoms with van der Waals surface area (Å²) < 4.78 is 31.6. The Balaban J connectivity index is 2.88. The maximum atomic E-state index is 12.9. The molecule has 18 heavy (non-hydrogen) atoms. The van der Waals surface area contributed by atoms with E-state index in [1.807, 2.05) is 6.26 Å². The smallest absolute Gasteiger partial charge is 0.361 e. The number of ether oxygens (including phenoxy) is 1. The summed E-state index contributed by atoms with van der Waals surface area (Å²) in [6, 6.07) is 0. The molecule has 1 heterocycles. The molecule has 8 heteroatoms. The van der Waals surface area contributed by atoms with E-state index >= 15 is 0 Å². The first-order chi connectivity index (χ1) is 8.61. The van der Waals surface area contributed by atoms with Crippen LogP contribution in [0, 0.1) is 0 Å². The van der Waals surface area contributed by atoms with Crippen LogP contribution in [0.25, 0.3) is 0 Å². The lowest BCUT2D eigenvalue weighted by Gasteiger charge is -2.06. The van der Waals surface area contributed by atoms with Crippen molar-refractivity contribution in [2.45, 2.75) is 26.3 Å². The highest BCUT2D eigenvalue weighted by atomic mass is 32.2. The Morgan fingerprint density at radius 3 is 2.83 bits per heavy atom. The van der Waals surface area contributed by atoms with E-state index in [1.165, 1.54) is 0 Å². The predicted octanol–water partition coefficient (Wildman–Crippen LogP) is 2.15. The van der Waals surface area contributed by atoms with Crippen LogP contribution >= 0.6 is 11.8 Å². The lowest BCUT2D eigenvalue weighted by Crippen LogP contribution is -2.12. The summed E-state index contributed by atoms with van der Waals surface area (Å²) in [6.07, 6.45) is -0.181. The van der Waals surface area contributed by atoms with E-state index in [4.69, 9.17) is 0 Å². The lowest BCUT2D eigenvalue weighted by atomic mass is 10.3. The number of thioether (sulfide) groups is 1. The van der Waals surface area contributed by atoms with Crippen LogP contribution in [0.1, 0.15) is 36.0 Å². The van der Waals surface area contributed by atoms with Gasteiger partial charge in [0, 0.05) is 6.54 Å². The number of aryl methyl sites for hydroxylation is 1. The molecule has 0 atom stereocenters. The third kappa shape index (κ3) is 3.66. The molecule has 0 radical (unpaired) electrons. The van der Waals surface area contributed by atoms with Crippen molar-refractivity contribution in [3.05, 3.63) is 11.4 Å². The number of carbonyl (C=O) groups is 1. The van der Waals surface area contributed by atoms with Crippen molar-refractivity contribution < 1.29 is 18.3 Å². The fourth-order valence-electron chi connectivity index (χ4n) is 1.41. The number of carbonyl (C=O) groups excluding carboxylic acids is 1. The van der Waals surface area contributed by atoms with Gasteiger partial charge in [-0.15, -0.1) is 5.10 Å². The highest BCUT2D eigenvalue weighted by Gasteiger charge is 2.27. The maximum Gasteiger partial charge on any atom is 0.361 e. The summed E-state index contributed by atoms with van der Waals surface area (Å²) in [4.78, 5) is 11.4. The molecule has 0 N–H and O–H groups in total. The molecule has 0 aromatic carbocycles. The number of hydrogen-bond donors (Lipinski definition) is 0. The molecule has 0 saturated carbocycles. The molecule has 0 aliphatic heterocycles. The van der Waals surface area contributed by atoms with E-state index in [0.29, 0.717) is 13.0 Å². The minimum atomic E-state index is -2.80. The van der Waals surface area contributed by atoms with Gasteiger partial charge in [0.25, 0.3) is 6.43 Å². The van der Waals surface area contributed by atoms with Gasteiger partial charge in [-0.05, 0) is 25.4 Å². The number of nitrogens with zero attached hydrogens (tertiary/aromatic N) is 3. The van der Waals surface area contributed by atoms with Crippen molar-refractivity contribution in [2.75, 3.05) is 18.6 Å².